The molecule has 6 aromatic rings. The van der Waals surface area contributed by atoms with Gasteiger partial charge in [-0.15, -0.1) is 0 Å². The summed E-state index contributed by atoms with van der Waals surface area (Å²) in [6.45, 7) is 4.22. The molecule has 0 saturated heterocycles. The van der Waals surface area contributed by atoms with Crippen LogP contribution in [0.5, 0.6) is 0 Å². The minimum Gasteiger partial charge on any atom is -0.309 e. The largest absolute Gasteiger partial charge is 0.309 e. The number of rotatable bonds is 10. The van der Waals surface area contributed by atoms with Gasteiger partial charge < -0.3 is 10.6 Å². The molecule has 2 saturated carbocycles. The number of nitrogens with zero attached hydrogens (tertiary/aromatic N) is 2. The number of aromatic amines is 2. The second-order valence-corrected chi connectivity index (χ2v) is 13.7. The van der Waals surface area contributed by atoms with E-state index in [-0.39, 0.29) is 29.4 Å². The number of carbonyl (C=O) groups excluding carboxylic acids is 2. The molecule has 2 heterocycles. The fourth-order valence-electron chi connectivity index (χ4n) is 6.33. The molecule has 8 rings (SSSR count). The average Bonchev–Trinajstić information content (AvgIpc) is 4.06. The van der Waals surface area contributed by atoms with E-state index in [1.807, 2.05) is 18.2 Å². The monoisotopic (exact) mass is 698 g/mol. The third kappa shape index (κ3) is 8.51. The minimum absolute atomic E-state index is 0.0140. The number of hydrogen-bond acceptors (Lipinski definition) is 4. The third-order valence-electron chi connectivity index (χ3n) is 9.42. The van der Waals surface area contributed by atoms with Crippen molar-refractivity contribution in [3.63, 3.8) is 0 Å². The van der Waals surface area contributed by atoms with Crippen molar-refractivity contribution in [3.05, 3.63) is 142 Å². The van der Waals surface area contributed by atoms with E-state index in [4.69, 9.17) is 0 Å². The predicted octanol–water partition coefficient (Wildman–Crippen LogP) is 9.17. The van der Waals surface area contributed by atoms with Crippen LogP contribution in [-0.2, 0) is 22.4 Å². The number of aromatic nitrogens is 4. The van der Waals surface area contributed by atoms with E-state index >= 15 is 0 Å². The molecule has 0 aliphatic heterocycles. The predicted molar refractivity (Wildman–Crippen MR) is 199 cm³/mol. The first-order valence-electron chi connectivity index (χ1n) is 17.6. The van der Waals surface area contributed by atoms with Crippen LogP contribution in [0.1, 0.15) is 71.2 Å². The Morgan fingerprint density at radius 3 is 1.60 bits per heavy atom. The van der Waals surface area contributed by atoms with Gasteiger partial charge in [0.05, 0.1) is 12.8 Å². The van der Waals surface area contributed by atoms with E-state index in [0.717, 1.165) is 29.8 Å². The van der Waals surface area contributed by atoms with Crippen LogP contribution in [0, 0.1) is 25.5 Å². The van der Waals surface area contributed by atoms with Crippen LogP contribution in [0.2, 0.25) is 0 Å². The fourth-order valence-corrected chi connectivity index (χ4v) is 6.33. The van der Waals surface area contributed by atoms with E-state index in [1.54, 1.807) is 18.2 Å². The first-order chi connectivity index (χ1) is 25.2. The maximum atomic E-state index is 14.4. The van der Waals surface area contributed by atoms with Gasteiger partial charge in [0.15, 0.2) is 11.6 Å². The molecule has 0 unspecified atom stereocenters. The zero-order valence-corrected chi connectivity index (χ0v) is 29.1. The van der Waals surface area contributed by atoms with Crippen LogP contribution in [0.15, 0.2) is 97.1 Å². The number of anilines is 2. The van der Waals surface area contributed by atoms with Crippen molar-refractivity contribution in [2.75, 3.05) is 10.6 Å². The van der Waals surface area contributed by atoms with Gasteiger partial charge in [0.25, 0.3) is 0 Å². The molecule has 2 aromatic heterocycles. The molecule has 0 radical (unpaired) electrons. The molecule has 2 aliphatic carbocycles. The molecule has 52 heavy (non-hydrogen) atoms. The molecule has 4 aromatic carbocycles. The van der Waals surface area contributed by atoms with E-state index in [1.165, 1.54) is 59.4 Å². The van der Waals surface area contributed by atoms with Gasteiger partial charge in [-0.2, -0.15) is 10.2 Å². The number of H-pyrrole nitrogens is 2. The van der Waals surface area contributed by atoms with Crippen molar-refractivity contribution in [2.24, 2.45) is 0 Å². The molecule has 4 N–H and O–H groups in total. The topological polar surface area (TPSA) is 116 Å². The standard InChI is InChI=1S/C22H23N3O.C20H17F2N3O/c1-14-5-3-4-6-18(14)19-10-7-16(11-15(19)2)12-22(26)23-21-13-20(24-25-21)17-8-9-17;21-16-4-2-1-3-14(16)15-8-5-12(9-17(15)22)10-20(26)23-19-11-18(24-25-19)13-6-7-13/h3-7,10-11,13,17H,8-9,12H2,1-2H3,(H2,23,24,25,26);1-5,8-9,11,13H,6-7,10H2,(H2,23,24,25,26). The van der Waals surface area contributed by atoms with Crippen LogP contribution in [-0.4, -0.2) is 32.2 Å². The molecule has 10 heteroatoms. The number of amides is 2. The van der Waals surface area contributed by atoms with E-state index < -0.39 is 11.6 Å². The highest BCUT2D eigenvalue weighted by molar-refractivity contribution is 5.92. The van der Waals surface area contributed by atoms with Gasteiger partial charge in [-0.1, -0.05) is 72.8 Å². The lowest BCUT2D eigenvalue weighted by atomic mass is 9.94. The van der Waals surface area contributed by atoms with Gasteiger partial charge in [0, 0.05) is 46.5 Å². The van der Waals surface area contributed by atoms with Gasteiger partial charge in [-0.3, -0.25) is 19.8 Å². The Morgan fingerprint density at radius 1 is 0.596 bits per heavy atom. The summed E-state index contributed by atoms with van der Waals surface area (Å²) in [4.78, 5) is 24.5. The number of hydrogen-bond donors (Lipinski definition) is 4. The van der Waals surface area contributed by atoms with Crippen LogP contribution in [0.25, 0.3) is 22.3 Å². The Labute approximate surface area is 301 Å². The number of nitrogens with one attached hydrogen (secondary N) is 4. The van der Waals surface area contributed by atoms with Gasteiger partial charge in [-0.05, 0) is 85.0 Å². The molecule has 8 nitrogen and oxygen atoms in total. The summed E-state index contributed by atoms with van der Waals surface area (Å²) in [6, 6.07) is 28.8. The van der Waals surface area contributed by atoms with Crippen molar-refractivity contribution < 1.29 is 18.4 Å². The Kier molecular flexibility index (Phi) is 10.1. The smallest absolute Gasteiger partial charge is 0.229 e. The fraction of sp³-hybridized carbons (Fsp3) is 0.238. The van der Waals surface area contributed by atoms with Gasteiger partial charge in [0.2, 0.25) is 11.8 Å². The SMILES string of the molecule is Cc1ccccc1-c1ccc(CC(=O)Nc2cc(C3CC3)[nH]n2)cc1C.O=C(Cc1ccc(-c2ccccc2F)c(F)c1)Nc1cc(C2CC2)[nH]n1. The second kappa shape index (κ2) is 15.1. The number of benzene rings is 4. The number of halogens is 2. The Morgan fingerprint density at radius 2 is 1.08 bits per heavy atom. The molecule has 0 spiro atoms. The van der Waals surface area contributed by atoms with Crippen molar-refractivity contribution >= 4 is 23.5 Å². The molecular weight excluding hydrogens is 658 g/mol. The summed E-state index contributed by atoms with van der Waals surface area (Å²) in [5.41, 5.74) is 8.94. The van der Waals surface area contributed by atoms with Crippen molar-refractivity contribution in [1.29, 1.82) is 0 Å². The molecular formula is C42H40F2N6O2. The Balaban J connectivity index is 0.000000162. The van der Waals surface area contributed by atoms with E-state index in [9.17, 15) is 18.4 Å². The quantitative estimate of drug-likeness (QED) is 0.114. The van der Waals surface area contributed by atoms with Crippen LogP contribution >= 0.6 is 0 Å². The molecule has 0 bridgehead atoms. The van der Waals surface area contributed by atoms with Gasteiger partial charge >= 0.3 is 0 Å². The lowest BCUT2D eigenvalue weighted by Gasteiger charge is -2.11. The normalized spacial score (nSPS) is 13.6. The van der Waals surface area contributed by atoms with Crippen LogP contribution in [0.3, 0.4) is 0 Å². The summed E-state index contributed by atoms with van der Waals surface area (Å²) >= 11 is 0. The lowest BCUT2D eigenvalue weighted by Crippen LogP contribution is -2.14. The summed E-state index contributed by atoms with van der Waals surface area (Å²) in [5, 5.41) is 19.8. The molecule has 2 fully saturated rings. The number of carbonyl (C=O) groups is 2. The van der Waals surface area contributed by atoms with Crippen LogP contribution in [0.4, 0.5) is 20.4 Å². The highest BCUT2D eigenvalue weighted by atomic mass is 19.1. The lowest BCUT2D eigenvalue weighted by molar-refractivity contribution is -0.116. The zero-order valence-electron chi connectivity index (χ0n) is 29.1. The van der Waals surface area contributed by atoms with Crippen LogP contribution < -0.4 is 10.6 Å². The van der Waals surface area contributed by atoms with Crippen molar-refractivity contribution in [1.82, 2.24) is 20.4 Å². The summed E-state index contributed by atoms with van der Waals surface area (Å²) in [6.07, 6.45) is 5.07. The molecule has 2 aliphatic rings. The summed E-state index contributed by atoms with van der Waals surface area (Å²) in [5.74, 6) is 0.848. The second-order valence-electron chi connectivity index (χ2n) is 13.7. The highest BCUT2D eigenvalue weighted by Gasteiger charge is 2.26. The number of aryl methyl sites for hydroxylation is 2. The first kappa shape index (κ1) is 34.5. The molecule has 2 amide bonds. The highest BCUT2D eigenvalue weighted by Crippen LogP contribution is 2.40. The molecule has 0 atom stereocenters. The van der Waals surface area contributed by atoms with E-state index in [0.29, 0.717) is 35.5 Å². The van der Waals surface area contributed by atoms with Crippen molar-refractivity contribution in [3.8, 4) is 22.3 Å². The average molecular weight is 699 g/mol. The van der Waals surface area contributed by atoms with Gasteiger partial charge in [0.1, 0.15) is 11.6 Å². The zero-order chi connectivity index (χ0) is 36.2. The minimum atomic E-state index is -0.559. The van der Waals surface area contributed by atoms with Gasteiger partial charge in [-0.25, -0.2) is 8.78 Å². The summed E-state index contributed by atoms with van der Waals surface area (Å²) < 4.78 is 28.2. The molecule has 264 valence electrons. The Hall–Kier alpha value is -5.90. The summed E-state index contributed by atoms with van der Waals surface area (Å²) in [7, 11) is 0. The Bertz CT molecular complexity index is 2080. The first-order valence-corrected chi connectivity index (χ1v) is 17.6. The van der Waals surface area contributed by atoms with E-state index in [2.05, 4.69) is 81.3 Å². The maximum Gasteiger partial charge on any atom is 0.229 e. The third-order valence-corrected chi connectivity index (χ3v) is 9.42. The maximum absolute atomic E-state index is 14.4. The van der Waals surface area contributed by atoms with Crippen molar-refractivity contribution in [2.45, 2.75) is 64.2 Å².